The second-order valence-corrected chi connectivity index (χ2v) is 8.07. The fourth-order valence-corrected chi connectivity index (χ4v) is 3.94. The summed E-state index contributed by atoms with van der Waals surface area (Å²) in [7, 11) is 0. The molecule has 2 aromatic carbocycles. The summed E-state index contributed by atoms with van der Waals surface area (Å²) in [6.45, 7) is 2.66. The van der Waals surface area contributed by atoms with Gasteiger partial charge in [0.25, 0.3) is 17.7 Å². The zero-order valence-electron chi connectivity index (χ0n) is 17.9. The zero-order chi connectivity index (χ0) is 22.7. The van der Waals surface area contributed by atoms with E-state index in [1.165, 1.54) is 0 Å². The Morgan fingerprint density at radius 3 is 2.16 bits per heavy atom. The van der Waals surface area contributed by atoms with Crippen molar-refractivity contribution in [2.75, 3.05) is 26.2 Å². The Morgan fingerprint density at radius 2 is 1.56 bits per heavy atom. The first-order valence-corrected chi connectivity index (χ1v) is 10.6. The molecule has 0 spiro atoms. The molecule has 4 rings (SSSR count). The third-order valence-electron chi connectivity index (χ3n) is 5.78. The van der Waals surface area contributed by atoms with Crippen LogP contribution in [0.5, 0.6) is 5.75 Å². The fourth-order valence-electron chi connectivity index (χ4n) is 3.94. The van der Waals surface area contributed by atoms with Gasteiger partial charge < -0.3 is 15.0 Å². The summed E-state index contributed by atoms with van der Waals surface area (Å²) in [4.78, 5) is 52.4. The molecule has 166 valence electrons. The molecule has 0 aliphatic carbocycles. The van der Waals surface area contributed by atoms with E-state index in [-0.39, 0.29) is 31.0 Å². The highest BCUT2D eigenvalue weighted by Crippen LogP contribution is 2.22. The Bertz CT molecular complexity index is 1010. The van der Waals surface area contributed by atoms with Gasteiger partial charge in [0.2, 0.25) is 5.91 Å². The lowest BCUT2D eigenvalue weighted by atomic mass is 10.0. The first-order chi connectivity index (χ1) is 15.4. The van der Waals surface area contributed by atoms with E-state index < -0.39 is 11.8 Å². The van der Waals surface area contributed by atoms with E-state index in [0.29, 0.717) is 42.8 Å². The van der Waals surface area contributed by atoms with Crippen LogP contribution in [-0.4, -0.2) is 65.7 Å². The lowest BCUT2D eigenvalue weighted by Crippen LogP contribution is -2.50. The van der Waals surface area contributed by atoms with Gasteiger partial charge in [-0.25, -0.2) is 0 Å². The van der Waals surface area contributed by atoms with Crippen molar-refractivity contribution in [2.24, 2.45) is 0 Å². The maximum atomic E-state index is 12.5. The number of likely N-dealkylation sites (tertiary alicyclic amines) is 1. The average molecular weight is 435 g/mol. The second-order valence-electron chi connectivity index (χ2n) is 8.07. The van der Waals surface area contributed by atoms with Crippen LogP contribution in [0.25, 0.3) is 0 Å². The van der Waals surface area contributed by atoms with Crippen molar-refractivity contribution in [2.45, 2.75) is 25.8 Å². The molecule has 4 amide bonds. The number of fused-ring (bicyclic) bond motifs is 1. The van der Waals surface area contributed by atoms with Crippen molar-refractivity contribution in [3.8, 4) is 5.75 Å². The van der Waals surface area contributed by atoms with Crippen LogP contribution < -0.4 is 10.1 Å². The number of piperidine rings is 1. The Hall–Kier alpha value is -3.68. The Morgan fingerprint density at radius 1 is 0.969 bits per heavy atom. The standard InChI is InChI=1S/C24H25N3O5/c1-16-6-8-18(9-7-16)32-15-22(29)26-12-10-17(11-13-26)25-21(28)14-27-23(30)19-4-2-3-5-20(19)24(27)31/h2-9,17H,10-15H2,1H3,(H,25,28). The number of carbonyl (C=O) groups is 4. The molecular formula is C24H25N3O5. The first kappa shape index (κ1) is 21.5. The molecule has 0 saturated carbocycles. The maximum Gasteiger partial charge on any atom is 0.262 e. The fraction of sp³-hybridized carbons (Fsp3) is 0.333. The summed E-state index contributed by atoms with van der Waals surface area (Å²) < 4.78 is 5.56. The third-order valence-corrected chi connectivity index (χ3v) is 5.78. The topological polar surface area (TPSA) is 96.0 Å². The van der Waals surface area contributed by atoms with Crippen molar-refractivity contribution in [1.82, 2.24) is 15.1 Å². The minimum atomic E-state index is -0.449. The number of nitrogens with zero attached hydrogens (tertiary/aromatic N) is 2. The first-order valence-electron chi connectivity index (χ1n) is 10.6. The predicted octanol–water partition coefficient (Wildman–Crippen LogP) is 1.78. The van der Waals surface area contributed by atoms with Crippen molar-refractivity contribution >= 4 is 23.6 Å². The zero-order valence-corrected chi connectivity index (χ0v) is 17.9. The molecule has 2 heterocycles. The number of hydrogen-bond donors (Lipinski definition) is 1. The molecule has 1 N–H and O–H groups in total. The number of benzene rings is 2. The quantitative estimate of drug-likeness (QED) is 0.698. The number of ether oxygens (including phenoxy) is 1. The van der Waals surface area contributed by atoms with Gasteiger partial charge in [0, 0.05) is 19.1 Å². The summed E-state index contributed by atoms with van der Waals surface area (Å²) in [5.41, 5.74) is 1.77. The summed E-state index contributed by atoms with van der Waals surface area (Å²) in [6, 6.07) is 14.0. The monoisotopic (exact) mass is 435 g/mol. The number of rotatable bonds is 6. The van der Waals surface area contributed by atoms with Crippen LogP contribution in [0, 0.1) is 6.92 Å². The predicted molar refractivity (Wildman–Crippen MR) is 116 cm³/mol. The van der Waals surface area contributed by atoms with E-state index in [2.05, 4.69) is 5.32 Å². The van der Waals surface area contributed by atoms with Crippen LogP contribution in [0.2, 0.25) is 0 Å². The van der Waals surface area contributed by atoms with E-state index >= 15 is 0 Å². The van der Waals surface area contributed by atoms with Crippen LogP contribution in [0.4, 0.5) is 0 Å². The molecular weight excluding hydrogens is 410 g/mol. The van der Waals surface area contributed by atoms with Crippen LogP contribution in [-0.2, 0) is 9.59 Å². The minimum absolute atomic E-state index is 0.0279. The highest BCUT2D eigenvalue weighted by molar-refractivity contribution is 6.22. The van der Waals surface area contributed by atoms with Crippen molar-refractivity contribution in [3.63, 3.8) is 0 Å². The molecule has 32 heavy (non-hydrogen) atoms. The Labute approximate surface area is 186 Å². The Balaban J connectivity index is 1.21. The van der Waals surface area contributed by atoms with Crippen LogP contribution >= 0.6 is 0 Å². The number of hydrogen-bond acceptors (Lipinski definition) is 5. The number of carbonyl (C=O) groups excluding carboxylic acids is 4. The Kier molecular flexibility index (Phi) is 6.20. The summed E-state index contributed by atoms with van der Waals surface area (Å²) in [5, 5.41) is 2.88. The normalized spacial score (nSPS) is 16.2. The van der Waals surface area contributed by atoms with Gasteiger partial charge in [0.05, 0.1) is 11.1 Å². The summed E-state index contributed by atoms with van der Waals surface area (Å²) in [6.07, 6.45) is 1.20. The van der Waals surface area contributed by atoms with Gasteiger partial charge in [-0.2, -0.15) is 0 Å². The molecule has 2 aliphatic heterocycles. The van der Waals surface area contributed by atoms with Crippen molar-refractivity contribution in [1.29, 1.82) is 0 Å². The summed E-state index contributed by atoms with van der Waals surface area (Å²) in [5.74, 6) is -0.725. The second kappa shape index (κ2) is 9.21. The molecule has 1 saturated heterocycles. The molecule has 1 fully saturated rings. The van der Waals surface area contributed by atoms with E-state index in [1.807, 2.05) is 31.2 Å². The van der Waals surface area contributed by atoms with Gasteiger partial charge >= 0.3 is 0 Å². The molecule has 8 nitrogen and oxygen atoms in total. The van der Waals surface area contributed by atoms with Gasteiger partial charge in [-0.1, -0.05) is 29.8 Å². The lowest BCUT2D eigenvalue weighted by molar-refractivity contribution is -0.134. The SMILES string of the molecule is Cc1ccc(OCC(=O)N2CCC(NC(=O)CN3C(=O)c4ccccc4C3=O)CC2)cc1. The van der Waals surface area contributed by atoms with E-state index in [1.54, 1.807) is 29.2 Å². The lowest BCUT2D eigenvalue weighted by Gasteiger charge is -2.32. The highest BCUT2D eigenvalue weighted by atomic mass is 16.5. The van der Waals surface area contributed by atoms with Gasteiger partial charge in [-0.3, -0.25) is 24.1 Å². The molecule has 0 bridgehead atoms. The molecule has 0 radical (unpaired) electrons. The molecule has 2 aliphatic rings. The van der Waals surface area contributed by atoms with Crippen LogP contribution in [0.15, 0.2) is 48.5 Å². The summed E-state index contributed by atoms with van der Waals surface area (Å²) >= 11 is 0. The maximum absolute atomic E-state index is 12.5. The number of amides is 4. The van der Waals surface area contributed by atoms with E-state index in [0.717, 1.165) is 10.5 Å². The molecule has 0 unspecified atom stereocenters. The molecule has 8 heteroatoms. The molecule has 0 aromatic heterocycles. The number of aryl methyl sites for hydroxylation is 1. The van der Waals surface area contributed by atoms with Crippen molar-refractivity contribution in [3.05, 3.63) is 65.2 Å². The van der Waals surface area contributed by atoms with Gasteiger partial charge in [0.15, 0.2) is 6.61 Å². The number of imide groups is 1. The largest absolute Gasteiger partial charge is 0.484 e. The van der Waals surface area contributed by atoms with E-state index in [4.69, 9.17) is 4.74 Å². The van der Waals surface area contributed by atoms with Gasteiger partial charge in [-0.15, -0.1) is 0 Å². The van der Waals surface area contributed by atoms with Crippen molar-refractivity contribution < 1.29 is 23.9 Å². The van der Waals surface area contributed by atoms with Crippen LogP contribution in [0.1, 0.15) is 39.1 Å². The molecule has 0 atom stereocenters. The minimum Gasteiger partial charge on any atom is -0.484 e. The third kappa shape index (κ3) is 4.64. The highest BCUT2D eigenvalue weighted by Gasteiger charge is 2.36. The van der Waals surface area contributed by atoms with Gasteiger partial charge in [-0.05, 0) is 44.0 Å². The molecule has 2 aromatic rings. The van der Waals surface area contributed by atoms with E-state index in [9.17, 15) is 19.2 Å². The van der Waals surface area contributed by atoms with Crippen LogP contribution in [0.3, 0.4) is 0 Å². The number of nitrogens with one attached hydrogen (secondary N) is 1. The smallest absolute Gasteiger partial charge is 0.262 e. The average Bonchev–Trinajstić information content (AvgIpc) is 3.04. The van der Waals surface area contributed by atoms with Gasteiger partial charge in [0.1, 0.15) is 12.3 Å².